The first-order chi connectivity index (χ1) is 9.16. The van der Waals surface area contributed by atoms with Crippen molar-refractivity contribution >= 4 is 17.6 Å². The van der Waals surface area contributed by atoms with E-state index in [0.29, 0.717) is 5.69 Å². The lowest BCUT2D eigenvalue weighted by Gasteiger charge is -2.23. The number of aromatic nitrogens is 1. The number of hydrogen-bond acceptors (Lipinski definition) is 3. The summed E-state index contributed by atoms with van der Waals surface area (Å²) >= 11 is 0. The second kappa shape index (κ2) is 4.50. The topological polar surface area (TPSA) is 79.3 Å². The van der Waals surface area contributed by atoms with Gasteiger partial charge < -0.3 is 10.4 Å². The number of allylic oxidation sites excluding steroid dienone is 2. The molecule has 2 aliphatic rings. The van der Waals surface area contributed by atoms with Crippen molar-refractivity contribution in [2.24, 2.45) is 23.7 Å². The molecule has 0 saturated heterocycles. The van der Waals surface area contributed by atoms with Crippen molar-refractivity contribution in [3.05, 3.63) is 36.7 Å². The Balaban J connectivity index is 1.79. The third-order valence-corrected chi connectivity index (χ3v) is 4.00. The van der Waals surface area contributed by atoms with Crippen molar-refractivity contribution in [3.8, 4) is 0 Å². The van der Waals surface area contributed by atoms with Gasteiger partial charge in [0.1, 0.15) is 0 Å². The first-order valence-electron chi connectivity index (χ1n) is 6.29. The first kappa shape index (κ1) is 11.9. The van der Waals surface area contributed by atoms with Crippen LogP contribution < -0.4 is 5.32 Å². The van der Waals surface area contributed by atoms with Gasteiger partial charge in [-0.3, -0.25) is 14.6 Å². The van der Waals surface area contributed by atoms with Crippen LogP contribution in [0.1, 0.15) is 6.42 Å². The molecule has 0 spiro atoms. The monoisotopic (exact) mass is 258 g/mol. The highest BCUT2D eigenvalue weighted by atomic mass is 16.4. The van der Waals surface area contributed by atoms with E-state index in [1.165, 1.54) is 0 Å². The molecule has 1 aromatic heterocycles. The Morgan fingerprint density at radius 2 is 1.79 bits per heavy atom. The van der Waals surface area contributed by atoms with E-state index in [0.717, 1.165) is 6.42 Å². The number of anilines is 1. The molecule has 1 aromatic rings. The molecule has 4 atom stereocenters. The molecule has 0 unspecified atom stereocenters. The van der Waals surface area contributed by atoms with Crippen LogP contribution in [0.25, 0.3) is 0 Å². The summed E-state index contributed by atoms with van der Waals surface area (Å²) < 4.78 is 0. The van der Waals surface area contributed by atoms with E-state index in [9.17, 15) is 14.7 Å². The molecule has 2 aliphatic carbocycles. The number of amides is 1. The molecule has 2 bridgehead atoms. The van der Waals surface area contributed by atoms with Gasteiger partial charge in [-0.2, -0.15) is 0 Å². The number of carboxylic acids is 1. The van der Waals surface area contributed by atoms with Gasteiger partial charge in [-0.1, -0.05) is 12.2 Å². The van der Waals surface area contributed by atoms with Gasteiger partial charge in [0.05, 0.1) is 11.8 Å². The average Bonchev–Trinajstić information content (AvgIpc) is 2.99. The van der Waals surface area contributed by atoms with Gasteiger partial charge in [0, 0.05) is 18.1 Å². The second-order valence-electron chi connectivity index (χ2n) is 5.06. The predicted molar refractivity (Wildman–Crippen MR) is 68.2 cm³/mol. The number of rotatable bonds is 3. The number of hydrogen-bond donors (Lipinski definition) is 2. The van der Waals surface area contributed by atoms with Crippen LogP contribution in [0, 0.1) is 23.7 Å². The number of aliphatic carboxylic acids is 1. The van der Waals surface area contributed by atoms with Crippen molar-refractivity contribution in [2.75, 3.05) is 5.32 Å². The summed E-state index contributed by atoms with van der Waals surface area (Å²) in [5.41, 5.74) is 0.649. The number of carboxylic acid groups (broad SMARTS) is 1. The lowest BCUT2D eigenvalue weighted by molar-refractivity contribution is -0.146. The van der Waals surface area contributed by atoms with E-state index >= 15 is 0 Å². The largest absolute Gasteiger partial charge is 0.481 e. The fourth-order valence-electron chi connectivity index (χ4n) is 3.18. The van der Waals surface area contributed by atoms with Crippen LogP contribution in [-0.4, -0.2) is 22.0 Å². The van der Waals surface area contributed by atoms with E-state index in [4.69, 9.17) is 0 Å². The third kappa shape index (κ3) is 2.01. The summed E-state index contributed by atoms with van der Waals surface area (Å²) in [4.78, 5) is 27.5. The second-order valence-corrected chi connectivity index (χ2v) is 5.06. The number of nitrogens with one attached hydrogen (secondary N) is 1. The summed E-state index contributed by atoms with van der Waals surface area (Å²) in [5.74, 6) is -2.12. The lowest BCUT2D eigenvalue weighted by Crippen LogP contribution is -2.36. The molecule has 1 amide bonds. The Labute approximate surface area is 110 Å². The molecular weight excluding hydrogens is 244 g/mol. The predicted octanol–water partition coefficient (Wildman–Crippen LogP) is 1.54. The minimum absolute atomic E-state index is 0.00399. The van der Waals surface area contributed by atoms with Crippen LogP contribution in [-0.2, 0) is 9.59 Å². The van der Waals surface area contributed by atoms with Gasteiger partial charge in [-0.25, -0.2) is 0 Å². The summed E-state index contributed by atoms with van der Waals surface area (Å²) in [6, 6.07) is 3.38. The van der Waals surface area contributed by atoms with Gasteiger partial charge in [-0.15, -0.1) is 0 Å². The van der Waals surface area contributed by atoms with Crippen molar-refractivity contribution in [1.82, 2.24) is 4.98 Å². The van der Waals surface area contributed by atoms with Crippen molar-refractivity contribution < 1.29 is 14.7 Å². The maximum Gasteiger partial charge on any atom is 0.307 e. The molecule has 0 radical (unpaired) electrons. The number of carbonyl (C=O) groups is 2. The maximum atomic E-state index is 12.3. The molecule has 3 rings (SSSR count). The Hall–Kier alpha value is -2.17. The highest BCUT2D eigenvalue weighted by Gasteiger charge is 2.51. The fraction of sp³-hybridized carbons (Fsp3) is 0.357. The van der Waals surface area contributed by atoms with Crippen molar-refractivity contribution in [3.63, 3.8) is 0 Å². The van der Waals surface area contributed by atoms with E-state index in [1.807, 2.05) is 12.2 Å². The summed E-state index contributed by atoms with van der Waals surface area (Å²) in [6.45, 7) is 0. The molecule has 2 N–H and O–H groups in total. The molecule has 1 fully saturated rings. The van der Waals surface area contributed by atoms with Crippen LogP contribution in [0.3, 0.4) is 0 Å². The van der Waals surface area contributed by atoms with Gasteiger partial charge in [0.15, 0.2) is 0 Å². The quantitative estimate of drug-likeness (QED) is 0.806. The Morgan fingerprint density at radius 1 is 1.16 bits per heavy atom. The molecule has 1 saturated carbocycles. The minimum atomic E-state index is -0.883. The zero-order valence-corrected chi connectivity index (χ0v) is 10.2. The maximum absolute atomic E-state index is 12.3. The summed E-state index contributed by atoms with van der Waals surface area (Å²) in [6.07, 6.45) is 7.85. The highest BCUT2D eigenvalue weighted by Crippen LogP contribution is 2.48. The van der Waals surface area contributed by atoms with Crippen LogP contribution in [0.5, 0.6) is 0 Å². The fourth-order valence-corrected chi connectivity index (χ4v) is 3.18. The molecule has 5 heteroatoms. The normalized spacial score (nSPS) is 31.4. The Kier molecular flexibility index (Phi) is 2.81. The third-order valence-electron chi connectivity index (χ3n) is 4.00. The molecule has 0 aliphatic heterocycles. The van der Waals surface area contributed by atoms with E-state index in [-0.39, 0.29) is 17.7 Å². The average molecular weight is 258 g/mol. The van der Waals surface area contributed by atoms with E-state index in [2.05, 4.69) is 10.3 Å². The molecule has 19 heavy (non-hydrogen) atoms. The SMILES string of the molecule is O=C(O)[C@@H]1[C@H](C(=O)Nc2ccncc2)[C@@H]2C=C[C@H]1C2. The van der Waals surface area contributed by atoms with Crippen LogP contribution in [0.2, 0.25) is 0 Å². The van der Waals surface area contributed by atoms with Gasteiger partial charge >= 0.3 is 5.97 Å². The lowest BCUT2D eigenvalue weighted by atomic mass is 9.82. The zero-order valence-electron chi connectivity index (χ0n) is 10.2. The van der Waals surface area contributed by atoms with Crippen LogP contribution >= 0.6 is 0 Å². The molecule has 5 nitrogen and oxygen atoms in total. The minimum Gasteiger partial charge on any atom is -0.481 e. The van der Waals surface area contributed by atoms with Crippen LogP contribution in [0.4, 0.5) is 5.69 Å². The number of carbonyl (C=O) groups excluding carboxylic acids is 1. The standard InChI is InChI=1S/C14H14N2O3/c17-13(16-10-3-5-15-6-4-10)11-8-1-2-9(7-8)12(11)14(18)19/h1-6,8-9,11-12H,7H2,(H,18,19)(H,15,16,17)/t8-,9+,11-,12+/m1/s1. The number of pyridine rings is 1. The van der Waals surface area contributed by atoms with Gasteiger partial charge in [-0.05, 0) is 30.4 Å². The van der Waals surface area contributed by atoms with Gasteiger partial charge in [0.25, 0.3) is 0 Å². The highest BCUT2D eigenvalue weighted by molar-refractivity contribution is 5.96. The summed E-state index contributed by atoms with van der Waals surface area (Å²) in [7, 11) is 0. The summed E-state index contributed by atoms with van der Waals surface area (Å²) in [5, 5.41) is 12.1. The Bertz CT molecular complexity index is 541. The molecule has 98 valence electrons. The number of nitrogens with zero attached hydrogens (tertiary/aromatic N) is 1. The van der Waals surface area contributed by atoms with Crippen molar-refractivity contribution in [1.29, 1.82) is 0 Å². The Morgan fingerprint density at radius 3 is 2.42 bits per heavy atom. The van der Waals surface area contributed by atoms with Crippen molar-refractivity contribution in [2.45, 2.75) is 6.42 Å². The smallest absolute Gasteiger partial charge is 0.307 e. The van der Waals surface area contributed by atoms with E-state index in [1.54, 1.807) is 24.5 Å². The molecule has 1 heterocycles. The van der Waals surface area contributed by atoms with E-state index < -0.39 is 17.8 Å². The zero-order chi connectivity index (χ0) is 13.4. The molecular formula is C14H14N2O3. The number of fused-ring (bicyclic) bond motifs is 2. The van der Waals surface area contributed by atoms with Crippen LogP contribution in [0.15, 0.2) is 36.7 Å². The molecule has 0 aromatic carbocycles. The van der Waals surface area contributed by atoms with Gasteiger partial charge in [0.2, 0.25) is 5.91 Å². The first-order valence-corrected chi connectivity index (χ1v) is 6.29.